The summed E-state index contributed by atoms with van der Waals surface area (Å²) in [7, 11) is 0. The van der Waals surface area contributed by atoms with Gasteiger partial charge in [0.05, 0.1) is 0 Å². The molecule has 0 aliphatic carbocycles. The molecule has 2 N–H and O–H groups in total. The number of nitrogens with one attached hydrogen (secondary N) is 2. The van der Waals surface area contributed by atoms with Crippen LogP contribution >= 0.6 is 0 Å². The van der Waals surface area contributed by atoms with Gasteiger partial charge < -0.3 is 10.6 Å². The van der Waals surface area contributed by atoms with Gasteiger partial charge in [-0.1, -0.05) is 44.2 Å². The molecule has 0 bridgehead atoms. The van der Waals surface area contributed by atoms with Crippen molar-refractivity contribution in [2.75, 3.05) is 18.4 Å². The Morgan fingerprint density at radius 2 is 1.91 bits per heavy atom. The van der Waals surface area contributed by atoms with E-state index in [1.54, 1.807) is 12.3 Å². The number of pyridine rings is 1. The molecule has 2 aromatic rings. The average molecular weight is 311 g/mol. The monoisotopic (exact) mass is 311 g/mol. The number of hydrogen-bond acceptors (Lipinski definition) is 3. The van der Waals surface area contributed by atoms with Crippen molar-refractivity contribution in [2.45, 2.75) is 26.7 Å². The molecule has 0 spiro atoms. The summed E-state index contributed by atoms with van der Waals surface area (Å²) in [5.74, 6) is 0.464. The minimum Gasteiger partial charge on any atom is -0.385 e. The number of amides is 1. The molecule has 0 radical (unpaired) electrons. The molecule has 1 heterocycles. The molecular formula is C19H25N3O. The first-order valence-corrected chi connectivity index (χ1v) is 8.17. The molecule has 0 aliphatic rings. The highest BCUT2D eigenvalue weighted by molar-refractivity contribution is 5.93. The van der Waals surface area contributed by atoms with Crippen LogP contribution in [0, 0.1) is 5.92 Å². The van der Waals surface area contributed by atoms with Gasteiger partial charge in [0, 0.05) is 25.0 Å². The standard InChI is InChI=1S/C19H25N3O/c1-15(2)8-11-22-19(23)18-14-17(10-13-21-18)20-12-9-16-6-4-3-5-7-16/h3-7,10,13-15H,8-9,11-12H2,1-2H3,(H,20,21)(H,22,23). The van der Waals surface area contributed by atoms with Crippen molar-refractivity contribution in [1.82, 2.24) is 10.3 Å². The van der Waals surface area contributed by atoms with E-state index in [1.165, 1.54) is 5.56 Å². The predicted molar refractivity (Wildman–Crippen MR) is 94.7 cm³/mol. The van der Waals surface area contributed by atoms with Crippen molar-refractivity contribution in [3.8, 4) is 0 Å². The summed E-state index contributed by atoms with van der Waals surface area (Å²) in [5.41, 5.74) is 2.67. The van der Waals surface area contributed by atoms with Gasteiger partial charge in [0.2, 0.25) is 0 Å². The first kappa shape index (κ1) is 17.0. The number of carbonyl (C=O) groups is 1. The van der Waals surface area contributed by atoms with E-state index in [-0.39, 0.29) is 5.91 Å². The number of nitrogens with zero attached hydrogens (tertiary/aromatic N) is 1. The second-order valence-corrected chi connectivity index (χ2v) is 6.03. The highest BCUT2D eigenvalue weighted by Crippen LogP contribution is 2.09. The molecule has 0 unspecified atom stereocenters. The third-order valence-electron chi connectivity index (χ3n) is 3.59. The molecule has 2 rings (SSSR count). The van der Waals surface area contributed by atoms with Crippen LogP contribution in [0.1, 0.15) is 36.3 Å². The van der Waals surface area contributed by atoms with E-state index in [4.69, 9.17) is 0 Å². The Bertz CT molecular complexity index is 611. The van der Waals surface area contributed by atoms with Crippen LogP contribution in [-0.2, 0) is 6.42 Å². The fraction of sp³-hybridized carbons (Fsp3) is 0.368. The zero-order chi connectivity index (χ0) is 16.5. The molecule has 1 aromatic carbocycles. The highest BCUT2D eigenvalue weighted by Gasteiger charge is 2.07. The first-order valence-electron chi connectivity index (χ1n) is 8.17. The second-order valence-electron chi connectivity index (χ2n) is 6.03. The smallest absolute Gasteiger partial charge is 0.269 e. The lowest BCUT2D eigenvalue weighted by Crippen LogP contribution is -2.26. The Hall–Kier alpha value is -2.36. The van der Waals surface area contributed by atoms with Crippen LogP contribution in [0.2, 0.25) is 0 Å². The molecule has 1 amide bonds. The van der Waals surface area contributed by atoms with Gasteiger partial charge in [0.25, 0.3) is 5.91 Å². The Balaban J connectivity index is 1.83. The Morgan fingerprint density at radius 3 is 2.65 bits per heavy atom. The second kappa shape index (κ2) is 8.93. The quantitative estimate of drug-likeness (QED) is 0.784. The molecule has 0 atom stereocenters. The predicted octanol–water partition coefficient (Wildman–Crippen LogP) is 3.51. The molecule has 4 heteroatoms. The summed E-state index contributed by atoms with van der Waals surface area (Å²) < 4.78 is 0. The maximum Gasteiger partial charge on any atom is 0.269 e. The van der Waals surface area contributed by atoms with E-state index in [9.17, 15) is 4.79 Å². The van der Waals surface area contributed by atoms with Gasteiger partial charge in [-0.15, -0.1) is 0 Å². The van der Waals surface area contributed by atoms with Crippen LogP contribution in [0.4, 0.5) is 5.69 Å². The van der Waals surface area contributed by atoms with E-state index in [1.807, 2.05) is 24.3 Å². The van der Waals surface area contributed by atoms with Gasteiger partial charge in [0.1, 0.15) is 5.69 Å². The van der Waals surface area contributed by atoms with Gasteiger partial charge in [-0.3, -0.25) is 9.78 Å². The van der Waals surface area contributed by atoms with Crippen LogP contribution in [0.15, 0.2) is 48.7 Å². The van der Waals surface area contributed by atoms with Gasteiger partial charge >= 0.3 is 0 Å². The number of carbonyl (C=O) groups excluding carboxylic acids is 1. The Kier molecular flexibility index (Phi) is 6.60. The molecule has 0 saturated heterocycles. The summed E-state index contributed by atoms with van der Waals surface area (Å²) in [6.45, 7) is 5.79. The van der Waals surface area contributed by atoms with Crippen LogP contribution in [0.3, 0.4) is 0 Å². The number of hydrogen-bond donors (Lipinski definition) is 2. The van der Waals surface area contributed by atoms with Crippen molar-refractivity contribution in [3.05, 3.63) is 59.9 Å². The van der Waals surface area contributed by atoms with Crippen molar-refractivity contribution >= 4 is 11.6 Å². The maximum atomic E-state index is 12.1. The van der Waals surface area contributed by atoms with E-state index >= 15 is 0 Å². The van der Waals surface area contributed by atoms with Crippen molar-refractivity contribution in [2.24, 2.45) is 5.92 Å². The molecular weight excluding hydrogens is 286 g/mol. The molecule has 0 aliphatic heterocycles. The van der Waals surface area contributed by atoms with Crippen LogP contribution in [0.25, 0.3) is 0 Å². The molecule has 122 valence electrons. The SMILES string of the molecule is CC(C)CCNC(=O)c1cc(NCCc2ccccc2)ccn1. The van der Waals surface area contributed by atoms with Crippen LogP contribution in [0.5, 0.6) is 0 Å². The van der Waals surface area contributed by atoms with Crippen molar-refractivity contribution < 1.29 is 4.79 Å². The summed E-state index contributed by atoms with van der Waals surface area (Å²) >= 11 is 0. The summed E-state index contributed by atoms with van der Waals surface area (Å²) in [6.07, 6.45) is 3.59. The van der Waals surface area contributed by atoms with Gasteiger partial charge in [-0.05, 0) is 36.5 Å². The van der Waals surface area contributed by atoms with Crippen LogP contribution < -0.4 is 10.6 Å². The summed E-state index contributed by atoms with van der Waals surface area (Å²) in [5, 5.41) is 6.25. The topological polar surface area (TPSA) is 54.0 Å². The molecule has 1 aromatic heterocycles. The zero-order valence-electron chi connectivity index (χ0n) is 13.9. The van der Waals surface area contributed by atoms with Gasteiger partial charge in [-0.2, -0.15) is 0 Å². The minimum atomic E-state index is -0.114. The lowest BCUT2D eigenvalue weighted by molar-refractivity contribution is 0.0947. The third-order valence-corrected chi connectivity index (χ3v) is 3.59. The van der Waals surface area contributed by atoms with Crippen molar-refractivity contribution in [3.63, 3.8) is 0 Å². The zero-order valence-corrected chi connectivity index (χ0v) is 13.9. The molecule has 23 heavy (non-hydrogen) atoms. The fourth-order valence-electron chi connectivity index (χ4n) is 2.23. The highest BCUT2D eigenvalue weighted by atomic mass is 16.1. The average Bonchev–Trinajstić information content (AvgIpc) is 2.56. The fourth-order valence-corrected chi connectivity index (χ4v) is 2.23. The molecule has 4 nitrogen and oxygen atoms in total. The number of anilines is 1. The molecule has 0 saturated carbocycles. The first-order chi connectivity index (χ1) is 11.1. The normalized spacial score (nSPS) is 10.6. The number of rotatable bonds is 8. The third kappa shape index (κ3) is 6.10. The van der Waals surface area contributed by atoms with Gasteiger partial charge in [0.15, 0.2) is 0 Å². The largest absolute Gasteiger partial charge is 0.385 e. The maximum absolute atomic E-state index is 12.1. The summed E-state index contributed by atoms with van der Waals surface area (Å²) in [4.78, 5) is 16.2. The van der Waals surface area contributed by atoms with E-state index in [0.717, 1.165) is 25.1 Å². The minimum absolute atomic E-state index is 0.114. The van der Waals surface area contributed by atoms with E-state index in [2.05, 4.69) is 41.6 Å². The lowest BCUT2D eigenvalue weighted by Gasteiger charge is -2.09. The van der Waals surface area contributed by atoms with E-state index < -0.39 is 0 Å². The van der Waals surface area contributed by atoms with Crippen LogP contribution in [-0.4, -0.2) is 24.0 Å². The number of aromatic nitrogens is 1. The summed E-state index contributed by atoms with van der Waals surface area (Å²) in [6, 6.07) is 14.0. The molecule has 0 fully saturated rings. The lowest BCUT2D eigenvalue weighted by atomic mass is 10.1. The number of benzene rings is 1. The van der Waals surface area contributed by atoms with Gasteiger partial charge in [-0.25, -0.2) is 0 Å². The van der Waals surface area contributed by atoms with E-state index in [0.29, 0.717) is 18.2 Å². The van der Waals surface area contributed by atoms with Crippen molar-refractivity contribution in [1.29, 1.82) is 0 Å². The Morgan fingerprint density at radius 1 is 1.13 bits per heavy atom. The Labute approximate surface area is 138 Å².